The lowest BCUT2D eigenvalue weighted by atomic mass is 10.2. The quantitative estimate of drug-likeness (QED) is 0.815. The highest BCUT2D eigenvalue weighted by atomic mass is 32.2. The Bertz CT molecular complexity index is 507. The van der Waals surface area contributed by atoms with Crippen LogP contribution in [0.3, 0.4) is 0 Å². The first-order valence-corrected chi connectivity index (χ1v) is 7.61. The molecule has 0 aliphatic heterocycles. The van der Waals surface area contributed by atoms with Gasteiger partial charge in [-0.25, -0.2) is 13.1 Å². The highest BCUT2D eigenvalue weighted by molar-refractivity contribution is 7.92. The van der Waals surface area contributed by atoms with Gasteiger partial charge in [-0.2, -0.15) is 0 Å². The van der Waals surface area contributed by atoms with Gasteiger partial charge in [0, 0.05) is 18.0 Å². The molecule has 0 aromatic heterocycles. The molecule has 1 aromatic carbocycles. The minimum Gasteiger partial charge on any atom is -0.329 e. The Morgan fingerprint density at radius 3 is 2.56 bits per heavy atom. The van der Waals surface area contributed by atoms with Crippen LogP contribution >= 0.6 is 0 Å². The molecule has 0 radical (unpaired) electrons. The summed E-state index contributed by atoms with van der Waals surface area (Å²) in [4.78, 5) is 0. The Balaban J connectivity index is 2.00. The first-order valence-electron chi connectivity index (χ1n) is 6.06. The second-order valence-corrected chi connectivity index (χ2v) is 6.15. The minimum absolute atomic E-state index is 0.129. The molecule has 18 heavy (non-hydrogen) atoms. The normalized spacial score (nSPS) is 18.1. The lowest BCUT2D eigenvalue weighted by Crippen LogP contribution is -2.40. The number of nitrogens with two attached hydrogens (primary N) is 1. The van der Waals surface area contributed by atoms with Gasteiger partial charge in [0.05, 0.1) is 0 Å². The van der Waals surface area contributed by atoms with Gasteiger partial charge in [0.2, 0.25) is 10.0 Å². The van der Waals surface area contributed by atoms with Gasteiger partial charge in [-0.15, -0.1) is 0 Å². The van der Waals surface area contributed by atoms with E-state index in [9.17, 15) is 8.42 Å². The fourth-order valence-electron chi connectivity index (χ4n) is 1.82. The fraction of sp³-hybridized carbons (Fsp3) is 0.385. The molecule has 0 spiro atoms. The van der Waals surface area contributed by atoms with Gasteiger partial charge in [0.1, 0.15) is 0 Å². The Morgan fingerprint density at radius 1 is 1.33 bits per heavy atom. The second kappa shape index (κ2) is 5.65. The summed E-state index contributed by atoms with van der Waals surface area (Å²) in [6.45, 7) is 0.350. The molecular formula is C13H18N2O2S. The average Bonchev–Trinajstić information content (AvgIpc) is 3.19. The molecule has 1 aromatic rings. The van der Waals surface area contributed by atoms with Crippen LogP contribution in [0, 0.1) is 5.92 Å². The van der Waals surface area contributed by atoms with E-state index < -0.39 is 10.0 Å². The smallest absolute Gasteiger partial charge is 0.234 e. The maximum atomic E-state index is 11.9. The number of rotatable bonds is 6. The third-order valence-electron chi connectivity index (χ3n) is 3.00. The van der Waals surface area contributed by atoms with E-state index in [-0.39, 0.29) is 6.04 Å². The summed E-state index contributed by atoms with van der Waals surface area (Å²) >= 11 is 0. The van der Waals surface area contributed by atoms with E-state index in [2.05, 4.69) is 4.72 Å². The first-order chi connectivity index (χ1) is 8.61. The van der Waals surface area contributed by atoms with Crippen molar-refractivity contribution in [3.8, 4) is 0 Å². The highest BCUT2D eigenvalue weighted by Crippen LogP contribution is 2.32. The molecule has 0 saturated heterocycles. The monoisotopic (exact) mass is 266 g/mol. The summed E-state index contributed by atoms with van der Waals surface area (Å²) in [6.07, 6.45) is 3.71. The van der Waals surface area contributed by atoms with Crippen LogP contribution in [0.5, 0.6) is 0 Å². The van der Waals surface area contributed by atoms with Gasteiger partial charge in [-0.1, -0.05) is 30.3 Å². The van der Waals surface area contributed by atoms with Gasteiger partial charge < -0.3 is 5.73 Å². The number of hydrogen-bond donors (Lipinski definition) is 2. The maximum absolute atomic E-state index is 11.9. The Morgan fingerprint density at radius 2 is 2.00 bits per heavy atom. The maximum Gasteiger partial charge on any atom is 0.234 e. The van der Waals surface area contributed by atoms with Crippen molar-refractivity contribution >= 4 is 16.1 Å². The number of hydrogen-bond acceptors (Lipinski definition) is 3. The van der Waals surface area contributed by atoms with Crippen LogP contribution in [0.4, 0.5) is 0 Å². The van der Waals surface area contributed by atoms with E-state index in [1.807, 2.05) is 30.3 Å². The summed E-state index contributed by atoms with van der Waals surface area (Å²) in [6, 6.07) is 9.21. The zero-order valence-corrected chi connectivity index (χ0v) is 10.9. The minimum atomic E-state index is -3.41. The molecule has 1 unspecified atom stereocenters. The predicted octanol–water partition coefficient (Wildman–Crippen LogP) is 1.31. The van der Waals surface area contributed by atoms with Crippen LogP contribution in [0.1, 0.15) is 18.4 Å². The molecule has 1 aliphatic carbocycles. The fourth-order valence-corrected chi connectivity index (χ4v) is 2.94. The summed E-state index contributed by atoms with van der Waals surface area (Å²) in [5, 5.41) is 1.20. The van der Waals surface area contributed by atoms with E-state index in [0.717, 1.165) is 18.4 Å². The third kappa shape index (κ3) is 3.94. The molecule has 0 heterocycles. The lowest BCUT2D eigenvalue weighted by Gasteiger charge is -2.14. The third-order valence-corrected chi connectivity index (χ3v) is 4.13. The molecule has 1 fully saturated rings. The van der Waals surface area contributed by atoms with E-state index in [4.69, 9.17) is 5.73 Å². The van der Waals surface area contributed by atoms with Crippen LogP contribution in [-0.4, -0.2) is 21.0 Å². The summed E-state index contributed by atoms with van der Waals surface area (Å²) in [7, 11) is -3.41. The molecule has 98 valence electrons. The van der Waals surface area contributed by atoms with Crippen molar-refractivity contribution in [2.24, 2.45) is 11.7 Å². The standard InChI is InChI=1S/C13H18N2O2S/c14-10-13(12-6-7-12)15-18(16,17)9-8-11-4-2-1-3-5-11/h1-5,8-9,12-13,15H,6-7,10,14H2. The molecule has 0 bridgehead atoms. The second-order valence-electron chi connectivity index (χ2n) is 4.56. The molecule has 0 amide bonds. The Hall–Kier alpha value is -1.17. The molecule has 3 N–H and O–H groups in total. The molecular weight excluding hydrogens is 248 g/mol. The highest BCUT2D eigenvalue weighted by Gasteiger charge is 2.32. The van der Waals surface area contributed by atoms with Crippen molar-refractivity contribution in [1.82, 2.24) is 4.72 Å². The van der Waals surface area contributed by atoms with Gasteiger partial charge in [-0.3, -0.25) is 0 Å². The largest absolute Gasteiger partial charge is 0.329 e. The van der Waals surface area contributed by atoms with Gasteiger partial charge in [-0.05, 0) is 30.4 Å². The summed E-state index contributed by atoms with van der Waals surface area (Å²) < 4.78 is 26.3. The first kappa shape index (κ1) is 13.3. The van der Waals surface area contributed by atoms with E-state index in [1.165, 1.54) is 5.41 Å². The van der Waals surface area contributed by atoms with Gasteiger partial charge in [0.25, 0.3) is 0 Å². The SMILES string of the molecule is NCC(NS(=O)(=O)C=Cc1ccccc1)C1CC1. The molecule has 4 nitrogen and oxygen atoms in total. The topological polar surface area (TPSA) is 72.2 Å². The van der Waals surface area contributed by atoms with Crippen molar-refractivity contribution in [3.63, 3.8) is 0 Å². The van der Waals surface area contributed by atoms with Crippen LogP contribution in [-0.2, 0) is 10.0 Å². The summed E-state index contributed by atoms with van der Waals surface area (Å²) in [5.41, 5.74) is 6.44. The molecule has 1 saturated carbocycles. The van der Waals surface area contributed by atoms with Crippen molar-refractivity contribution in [2.75, 3.05) is 6.54 Å². The van der Waals surface area contributed by atoms with Crippen LogP contribution in [0.25, 0.3) is 6.08 Å². The number of nitrogens with one attached hydrogen (secondary N) is 1. The lowest BCUT2D eigenvalue weighted by molar-refractivity contribution is 0.525. The van der Waals surface area contributed by atoms with Crippen molar-refractivity contribution in [3.05, 3.63) is 41.3 Å². The van der Waals surface area contributed by atoms with Crippen LogP contribution in [0.2, 0.25) is 0 Å². The predicted molar refractivity (Wildman–Crippen MR) is 73.1 cm³/mol. The zero-order valence-electron chi connectivity index (χ0n) is 10.1. The van der Waals surface area contributed by atoms with E-state index >= 15 is 0 Å². The van der Waals surface area contributed by atoms with Gasteiger partial charge in [0.15, 0.2) is 0 Å². The molecule has 1 aliphatic rings. The average molecular weight is 266 g/mol. The summed E-state index contributed by atoms with van der Waals surface area (Å²) in [5.74, 6) is 0.412. The van der Waals surface area contributed by atoms with Crippen molar-refractivity contribution < 1.29 is 8.42 Å². The Kier molecular flexibility index (Phi) is 4.16. The van der Waals surface area contributed by atoms with Crippen molar-refractivity contribution in [1.29, 1.82) is 0 Å². The van der Waals surface area contributed by atoms with Gasteiger partial charge >= 0.3 is 0 Å². The van der Waals surface area contributed by atoms with Crippen molar-refractivity contribution in [2.45, 2.75) is 18.9 Å². The Labute approximate surface area is 108 Å². The van der Waals surface area contributed by atoms with E-state index in [1.54, 1.807) is 6.08 Å². The van der Waals surface area contributed by atoms with Crippen LogP contribution in [0.15, 0.2) is 35.7 Å². The van der Waals surface area contributed by atoms with E-state index in [0.29, 0.717) is 12.5 Å². The number of benzene rings is 1. The molecule has 5 heteroatoms. The number of sulfonamides is 1. The zero-order chi connectivity index (χ0) is 13.0. The molecule has 1 atom stereocenters. The molecule has 2 rings (SSSR count). The van der Waals surface area contributed by atoms with Crippen LogP contribution < -0.4 is 10.5 Å².